The number of para-hydroxylation sites is 1. The van der Waals surface area contributed by atoms with E-state index in [1.54, 1.807) is 0 Å². The molecule has 5 heteroatoms. The minimum atomic E-state index is 0.618. The third kappa shape index (κ3) is 3.31. The third-order valence-corrected chi connectivity index (χ3v) is 4.68. The van der Waals surface area contributed by atoms with Crippen LogP contribution in [-0.2, 0) is 13.0 Å². The van der Waals surface area contributed by atoms with Crippen LogP contribution >= 0.6 is 39.1 Å². The van der Waals surface area contributed by atoms with Crippen molar-refractivity contribution in [2.24, 2.45) is 0 Å². The Morgan fingerprint density at radius 1 is 1.19 bits per heavy atom. The van der Waals surface area contributed by atoms with Crippen molar-refractivity contribution in [1.82, 2.24) is 0 Å². The van der Waals surface area contributed by atoms with E-state index in [0.29, 0.717) is 16.6 Å². The van der Waals surface area contributed by atoms with Gasteiger partial charge in [0.1, 0.15) is 0 Å². The molecule has 0 bridgehead atoms. The van der Waals surface area contributed by atoms with Crippen LogP contribution in [-0.4, -0.2) is 6.54 Å². The van der Waals surface area contributed by atoms with Crippen molar-refractivity contribution in [2.75, 3.05) is 17.2 Å². The van der Waals surface area contributed by atoms with Crippen molar-refractivity contribution in [3.05, 3.63) is 56.0 Å². The molecule has 2 N–H and O–H groups in total. The molecule has 0 saturated carbocycles. The van der Waals surface area contributed by atoms with E-state index in [0.717, 1.165) is 23.1 Å². The first-order valence-electron chi connectivity index (χ1n) is 6.88. The summed E-state index contributed by atoms with van der Waals surface area (Å²) in [5.41, 5.74) is 4.64. The van der Waals surface area contributed by atoms with E-state index in [2.05, 4.69) is 44.8 Å². The Morgan fingerprint density at radius 2 is 1.95 bits per heavy atom. The monoisotopic (exact) mass is 384 g/mol. The Morgan fingerprint density at radius 3 is 2.71 bits per heavy atom. The predicted octanol–water partition coefficient (Wildman–Crippen LogP) is 5.73. The van der Waals surface area contributed by atoms with Gasteiger partial charge < -0.3 is 10.6 Å². The SMILES string of the molecule is Clc1cc(Br)cc(Cl)c1NCc1cccc2c1NCCC2. The first kappa shape index (κ1) is 15.0. The van der Waals surface area contributed by atoms with Gasteiger partial charge in [-0.25, -0.2) is 0 Å². The van der Waals surface area contributed by atoms with Crippen LogP contribution < -0.4 is 10.6 Å². The van der Waals surface area contributed by atoms with Crippen LogP contribution in [0.4, 0.5) is 11.4 Å². The lowest BCUT2D eigenvalue weighted by Crippen LogP contribution is -2.15. The zero-order valence-corrected chi connectivity index (χ0v) is 14.4. The van der Waals surface area contributed by atoms with Crippen molar-refractivity contribution in [3.63, 3.8) is 0 Å². The van der Waals surface area contributed by atoms with E-state index in [1.165, 1.54) is 23.2 Å². The van der Waals surface area contributed by atoms with Crippen LogP contribution in [0.3, 0.4) is 0 Å². The standard InChI is InChI=1S/C16H15BrCl2N2/c17-12-7-13(18)16(14(19)8-12)21-9-11-4-1-3-10-5-2-6-20-15(10)11/h1,3-4,7-8,20-21H,2,5-6,9H2. The van der Waals surface area contributed by atoms with Gasteiger partial charge >= 0.3 is 0 Å². The molecule has 0 aromatic heterocycles. The average molecular weight is 386 g/mol. The normalized spacial score (nSPS) is 13.5. The number of anilines is 2. The number of rotatable bonds is 3. The van der Waals surface area contributed by atoms with Gasteiger partial charge in [0.25, 0.3) is 0 Å². The molecule has 0 fully saturated rings. The fraction of sp³-hybridized carbons (Fsp3) is 0.250. The summed E-state index contributed by atoms with van der Waals surface area (Å²) >= 11 is 15.9. The van der Waals surface area contributed by atoms with Crippen LogP contribution in [0.2, 0.25) is 10.0 Å². The molecule has 110 valence electrons. The molecule has 21 heavy (non-hydrogen) atoms. The van der Waals surface area contributed by atoms with E-state index in [-0.39, 0.29) is 0 Å². The Balaban J connectivity index is 1.83. The van der Waals surface area contributed by atoms with E-state index in [9.17, 15) is 0 Å². The quantitative estimate of drug-likeness (QED) is 0.705. The topological polar surface area (TPSA) is 24.1 Å². The van der Waals surface area contributed by atoms with E-state index < -0.39 is 0 Å². The minimum Gasteiger partial charge on any atom is -0.385 e. The fourth-order valence-corrected chi connectivity index (χ4v) is 3.97. The van der Waals surface area contributed by atoms with Crippen molar-refractivity contribution < 1.29 is 0 Å². The Bertz CT molecular complexity index is 650. The van der Waals surface area contributed by atoms with Gasteiger partial charge in [-0.1, -0.05) is 57.3 Å². The molecule has 3 rings (SSSR count). The van der Waals surface area contributed by atoms with Crippen molar-refractivity contribution in [1.29, 1.82) is 0 Å². The van der Waals surface area contributed by atoms with Gasteiger partial charge in [-0.3, -0.25) is 0 Å². The van der Waals surface area contributed by atoms with Gasteiger partial charge in [-0.05, 0) is 36.1 Å². The lowest BCUT2D eigenvalue weighted by molar-refractivity contribution is 0.825. The smallest absolute Gasteiger partial charge is 0.0722 e. The number of nitrogens with one attached hydrogen (secondary N) is 2. The highest BCUT2D eigenvalue weighted by atomic mass is 79.9. The number of fused-ring (bicyclic) bond motifs is 1. The molecule has 1 aliphatic heterocycles. The zero-order valence-electron chi connectivity index (χ0n) is 11.3. The van der Waals surface area contributed by atoms with E-state index in [4.69, 9.17) is 23.2 Å². The first-order chi connectivity index (χ1) is 10.1. The first-order valence-corrected chi connectivity index (χ1v) is 8.43. The van der Waals surface area contributed by atoms with E-state index in [1.807, 2.05) is 12.1 Å². The summed E-state index contributed by atoms with van der Waals surface area (Å²) in [7, 11) is 0. The fourth-order valence-electron chi connectivity index (χ4n) is 2.62. The summed E-state index contributed by atoms with van der Waals surface area (Å²) < 4.78 is 0.877. The Hall–Kier alpha value is -0.900. The molecule has 0 unspecified atom stereocenters. The summed E-state index contributed by atoms with van der Waals surface area (Å²) in [5.74, 6) is 0. The van der Waals surface area contributed by atoms with Crippen molar-refractivity contribution in [2.45, 2.75) is 19.4 Å². The molecular formula is C16H15BrCl2N2. The second kappa shape index (κ2) is 6.47. The van der Waals surface area contributed by atoms with E-state index >= 15 is 0 Å². The lowest BCUT2D eigenvalue weighted by atomic mass is 9.99. The number of halogens is 3. The Labute approximate surface area is 143 Å². The zero-order chi connectivity index (χ0) is 14.8. The van der Waals surface area contributed by atoms with Gasteiger partial charge in [-0.15, -0.1) is 0 Å². The highest BCUT2D eigenvalue weighted by Crippen LogP contribution is 2.35. The van der Waals surface area contributed by atoms with Gasteiger partial charge in [0.2, 0.25) is 0 Å². The Kier molecular flexibility index (Phi) is 4.63. The molecule has 0 saturated heterocycles. The molecule has 0 spiro atoms. The highest BCUT2D eigenvalue weighted by Gasteiger charge is 2.13. The second-order valence-corrected chi connectivity index (χ2v) is 6.81. The number of hydrogen-bond donors (Lipinski definition) is 2. The highest BCUT2D eigenvalue weighted by molar-refractivity contribution is 9.10. The summed E-state index contributed by atoms with van der Waals surface area (Å²) in [6, 6.07) is 10.1. The maximum absolute atomic E-state index is 6.25. The molecule has 0 amide bonds. The average Bonchev–Trinajstić information content (AvgIpc) is 2.46. The molecule has 2 aromatic rings. The molecule has 1 aliphatic rings. The van der Waals surface area contributed by atoms with Crippen LogP contribution in [0.25, 0.3) is 0 Å². The van der Waals surface area contributed by atoms with Crippen LogP contribution in [0.15, 0.2) is 34.8 Å². The predicted molar refractivity (Wildman–Crippen MR) is 94.7 cm³/mol. The molecule has 0 atom stereocenters. The van der Waals surface area contributed by atoms with Crippen molar-refractivity contribution >= 4 is 50.5 Å². The van der Waals surface area contributed by atoms with Crippen LogP contribution in [0.5, 0.6) is 0 Å². The summed E-state index contributed by atoms with van der Waals surface area (Å²) in [6.45, 7) is 1.72. The van der Waals surface area contributed by atoms with Crippen molar-refractivity contribution in [3.8, 4) is 0 Å². The number of hydrogen-bond acceptors (Lipinski definition) is 2. The maximum atomic E-state index is 6.25. The van der Waals surface area contributed by atoms with Crippen LogP contribution in [0.1, 0.15) is 17.5 Å². The lowest BCUT2D eigenvalue weighted by Gasteiger charge is -2.22. The van der Waals surface area contributed by atoms with Crippen LogP contribution in [0, 0.1) is 0 Å². The van der Waals surface area contributed by atoms with Gasteiger partial charge in [-0.2, -0.15) is 0 Å². The molecule has 1 heterocycles. The second-order valence-electron chi connectivity index (χ2n) is 5.08. The summed E-state index contributed by atoms with van der Waals surface area (Å²) in [4.78, 5) is 0. The summed E-state index contributed by atoms with van der Waals surface area (Å²) in [6.07, 6.45) is 2.32. The molecular weight excluding hydrogens is 371 g/mol. The molecule has 2 nitrogen and oxygen atoms in total. The van der Waals surface area contributed by atoms with Gasteiger partial charge in [0, 0.05) is 23.2 Å². The third-order valence-electron chi connectivity index (χ3n) is 3.62. The molecule has 2 aromatic carbocycles. The van der Waals surface area contributed by atoms with Gasteiger partial charge in [0.05, 0.1) is 15.7 Å². The largest absolute Gasteiger partial charge is 0.385 e. The maximum Gasteiger partial charge on any atom is 0.0722 e. The molecule has 0 aliphatic carbocycles. The number of aryl methyl sites for hydroxylation is 1. The van der Waals surface area contributed by atoms with Gasteiger partial charge in [0.15, 0.2) is 0 Å². The molecule has 0 radical (unpaired) electrons. The number of benzene rings is 2. The summed E-state index contributed by atoms with van der Waals surface area (Å²) in [5, 5.41) is 8.08. The minimum absolute atomic E-state index is 0.618.